The van der Waals surface area contributed by atoms with Crippen molar-refractivity contribution in [1.29, 1.82) is 0 Å². The van der Waals surface area contributed by atoms with E-state index >= 15 is 0 Å². The van der Waals surface area contributed by atoms with Crippen LogP contribution in [0.1, 0.15) is 24.1 Å². The molecule has 0 aromatic carbocycles. The number of aliphatic carboxylic acids is 1. The first-order valence-corrected chi connectivity index (χ1v) is 4.98. The van der Waals surface area contributed by atoms with Crippen LogP contribution in [-0.4, -0.2) is 22.0 Å². The van der Waals surface area contributed by atoms with Crippen LogP contribution in [0.5, 0.6) is 0 Å². The molecule has 0 fully saturated rings. The van der Waals surface area contributed by atoms with E-state index in [2.05, 4.69) is 10.3 Å². The minimum Gasteiger partial charge on any atom is -0.481 e. The van der Waals surface area contributed by atoms with Gasteiger partial charge in [-0.2, -0.15) is 0 Å². The summed E-state index contributed by atoms with van der Waals surface area (Å²) in [5, 5.41) is 11.0. The molecule has 0 aliphatic carbocycles. The van der Waals surface area contributed by atoms with Crippen molar-refractivity contribution in [3.05, 3.63) is 29.6 Å². The Bertz CT molecular complexity index is 373. The van der Waals surface area contributed by atoms with E-state index in [1.807, 2.05) is 19.1 Å². The molecule has 0 aliphatic heterocycles. The van der Waals surface area contributed by atoms with Gasteiger partial charge in [-0.25, -0.2) is 0 Å². The molecule has 1 heterocycles. The maximum Gasteiger partial charge on any atom is 0.303 e. The lowest BCUT2D eigenvalue weighted by Crippen LogP contribution is -2.23. The van der Waals surface area contributed by atoms with Crippen molar-refractivity contribution in [2.75, 3.05) is 0 Å². The predicted molar refractivity (Wildman–Crippen MR) is 57.7 cm³/mol. The average Bonchev–Trinajstić information content (AvgIpc) is 2.25. The number of carboxylic acids is 1. The molecule has 0 saturated heterocycles. The highest BCUT2D eigenvalue weighted by atomic mass is 16.4. The second-order valence-corrected chi connectivity index (χ2v) is 3.48. The first-order chi connectivity index (χ1) is 7.58. The Balaban J connectivity index is 2.31. The van der Waals surface area contributed by atoms with E-state index in [9.17, 15) is 9.59 Å². The van der Waals surface area contributed by atoms with Crippen LogP contribution >= 0.6 is 0 Å². The first-order valence-electron chi connectivity index (χ1n) is 4.98. The summed E-state index contributed by atoms with van der Waals surface area (Å²) in [7, 11) is 0. The summed E-state index contributed by atoms with van der Waals surface area (Å²) in [5.41, 5.74) is 1.82. The van der Waals surface area contributed by atoms with E-state index in [1.54, 1.807) is 6.20 Å². The fraction of sp³-hybridized carbons (Fsp3) is 0.364. The van der Waals surface area contributed by atoms with E-state index in [-0.39, 0.29) is 18.7 Å². The van der Waals surface area contributed by atoms with Crippen LogP contribution < -0.4 is 5.32 Å². The molecule has 86 valence electrons. The number of aryl methyl sites for hydroxylation is 1. The second kappa shape index (κ2) is 5.85. The van der Waals surface area contributed by atoms with Crippen LogP contribution in [0, 0.1) is 6.92 Å². The minimum atomic E-state index is -0.966. The summed E-state index contributed by atoms with van der Waals surface area (Å²) in [4.78, 5) is 25.5. The van der Waals surface area contributed by atoms with E-state index < -0.39 is 5.97 Å². The van der Waals surface area contributed by atoms with E-state index in [0.717, 1.165) is 11.3 Å². The average molecular weight is 222 g/mol. The van der Waals surface area contributed by atoms with Gasteiger partial charge < -0.3 is 10.4 Å². The van der Waals surface area contributed by atoms with Gasteiger partial charge in [0.2, 0.25) is 5.91 Å². The third-order valence-corrected chi connectivity index (χ3v) is 2.03. The topological polar surface area (TPSA) is 79.3 Å². The van der Waals surface area contributed by atoms with Crippen molar-refractivity contribution in [1.82, 2.24) is 10.3 Å². The largest absolute Gasteiger partial charge is 0.481 e. The molecular weight excluding hydrogens is 208 g/mol. The van der Waals surface area contributed by atoms with Gasteiger partial charge in [-0.3, -0.25) is 14.6 Å². The Hall–Kier alpha value is -1.91. The predicted octanol–water partition coefficient (Wildman–Crippen LogP) is 0.871. The number of carbonyl (C=O) groups excluding carboxylic acids is 1. The standard InChI is InChI=1S/C11H14N2O3/c1-8-2-3-9(6-12-8)7-13-10(14)4-5-11(15)16/h2-3,6H,4-5,7H2,1H3,(H,13,14)(H,15,16). The number of amides is 1. The van der Waals surface area contributed by atoms with E-state index in [4.69, 9.17) is 5.11 Å². The molecule has 2 N–H and O–H groups in total. The molecule has 1 aromatic rings. The Morgan fingerprint density at radius 3 is 2.69 bits per heavy atom. The summed E-state index contributed by atoms with van der Waals surface area (Å²) in [6.45, 7) is 2.26. The Morgan fingerprint density at radius 1 is 1.38 bits per heavy atom. The third-order valence-electron chi connectivity index (χ3n) is 2.03. The van der Waals surface area contributed by atoms with Crippen molar-refractivity contribution in [2.45, 2.75) is 26.3 Å². The molecule has 0 bridgehead atoms. The zero-order chi connectivity index (χ0) is 12.0. The summed E-state index contributed by atoms with van der Waals surface area (Å²) < 4.78 is 0. The van der Waals surface area contributed by atoms with Crippen molar-refractivity contribution < 1.29 is 14.7 Å². The zero-order valence-corrected chi connectivity index (χ0v) is 9.06. The highest BCUT2D eigenvalue weighted by Crippen LogP contribution is 1.99. The van der Waals surface area contributed by atoms with Gasteiger partial charge in [-0.15, -0.1) is 0 Å². The van der Waals surface area contributed by atoms with Gasteiger partial charge in [0.05, 0.1) is 6.42 Å². The number of nitrogens with one attached hydrogen (secondary N) is 1. The lowest BCUT2D eigenvalue weighted by molar-refractivity contribution is -0.138. The summed E-state index contributed by atoms with van der Waals surface area (Å²) in [6.07, 6.45) is 1.55. The Morgan fingerprint density at radius 2 is 2.12 bits per heavy atom. The number of pyridine rings is 1. The van der Waals surface area contributed by atoms with E-state index in [1.165, 1.54) is 0 Å². The highest BCUT2D eigenvalue weighted by Gasteiger charge is 2.04. The number of carboxylic acid groups (broad SMARTS) is 1. The SMILES string of the molecule is Cc1ccc(CNC(=O)CCC(=O)O)cn1. The molecule has 1 amide bonds. The lowest BCUT2D eigenvalue weighted by Gasteiger charge is -2.04. The quantitative estimate of drug-likeness (QED) is 0.774. The summed E-state index contributed by atoms with van der Waals surface area (Å²) >= 11 is 0. The van der Waals surface area contributed by atoms with Gasteiger partial charge in [0.1, 0.15) is 0 Å². The van der Waals surface area contributed by atoms with Gasteiger partial charge >= 0.3 is 5.97 Å². The Labute approximate surface area is 93.5 Å². The molecule has 5 nitrogen and oxygen atoms in total. The monoisotopic (exact) mass is 222 g/mol. The minimum absolute atomic E-state index is 0.00855. The van der Waals surface area contributed by atoms with Crippen LogP contribution in [0.2, 0.25) is 0 Å². The number of nitrogens with zero attached hydrogens (tertiary/aromatic N) is 1. The molecule has 0 radical (unpaired) electrons. The molecule has 5 heteroatoms. The van der Waals surface area contributed by atoms with Crippen molar-refractivity contribution in [2.24, 2.45) is 0 Å². The number of carbonyl (C=O) groups is 2. The highest BCUT2D eigenvalue weighted by molar-refractivity contribution is 5.80. The number of aromatic nitrogens is 1. The van der Waals surface area contributed by atoms with Crippen molar-refractivity contribution in [3.8, 4) is 0 Å². The van der Waals surface area contributed by atoms with E-state index in [0.29, 0.717) is 6.54 Å². The Kier molecular flexibility index (Phi) is 4.44. The van der Waals surface area contributed by atoms with Gasteiger partial charge in [-0.1, -0.05) is 6.07 Å². The fourth-order valence-electron chi connectivity index (χ4n) is 1.11. The van der Waals surface area contributed by atoms with Crippen LogP contribution in [0.15, 0.2) is 18.3 Å². The molecule has 0 unspecified atom stereocenters. The molecule has 0 saturated carbocycles. The maximum absolute atomic E-state index is 11.2. The number of rotatable bonds is 5. The number of hydrogen-bond donors (Lipinski definition) is 2. The molecule has 1 rings (SSSR count). The van der Waals surface area contributed by atoms with Crippen molar-refractivity contribution in [3.63, 3.8) is 0 Å². The third kappa shape index (κ3) is 4.54. The fourth-order valence-corrected chi connectivity index (χ4v) is 1.11. The van der Waals surface area contributed by atoms with Gasteiger partial charge in [-0.05, 0) is 18.6 Å². The van der Waals surface area contributed by atoms with Gasteiger partial charge in [0, 0.05) is 24.9 Å². The smallest absolute Gasteiger partial charge is 0.303 e. The molecular formula is C11H14N2O3. The maximum atomic E-state index is 11.2. The number of hydrogen-bond acceptors (Lipinski definition) is 3. The van der Waals surface area contributed by atoms with Crippen LogP contribution in [0.25, 0.3) is 0 Å². The molecule has 0 aliphatic rings. The zero-order valence-electron chi connectivity index (χ0n) is 9.06. The first kappa shape index (κ1) is 12.2. The lowest BCUT2D eigenvalue weighted by atomic mass is 10.2. The normalized spacial score (nSPS) is 9.81. The van der Waals surface area contributed by atoms with Gasteiger partial charge in [0.25, 0.3) is 0 Å². The van der Waals surface area contributed by atoms with Crippen LogP contribution in [0.4, 0.5) is 0 Å². The molecule has 0 atom stereocenters. The van der Waals surface area contributed by atoms with Crippen LogP contribution in [-0.2, 0) is 16.1 Å². The van der Waals surface area contributed by atoms with Crippen LogP contribution in [0.3, 0.4) is 0 Å². The molecule has 1 aromatic heterocycles. The summed E-state index contributed by atoms with van der Waals surface area (Å²) in [6, 6.07) is 3.73. The second-order valence-electron chi connectivity index (χ2n) is 3.48. The van der Waals surface area contributed by atoms with Crippen molar-refractivity contribution >= 4 is 11.9 Å². The molecule has 16 heavy (non-hydrogen) atoms. The van der Waals surface area contributed by atoms with Gasteiger partial charge in [0.15, 0.2) is 0 Å². The summed E-state index contributed by atoms with van der Waals surface area (Å²) in [5.74, 6) is -1.23. The molecule has 0 spiro atoms.